The van der Waals surface area contributed by atoms with Gasteiger partial charge in [0.05, 0.1) is 6.10 Å². The van der Waals surface area contributed by atoms with Crippen LogP contribution in [0.25, 0.3) is 0 Å². The van der Waals surface area contributed by atoms with Crippen molar-refractivity contribution in [2.24, 2.45) is 21.9 Å². The summed E-state index contributed by atoms with van der Waals surface area (Å²) >= 11 is 0. The zero-order valence-corrected chi connectivity index (χ0v) is 25.0. The molecule has 4 aliphatic rings. The van der Waals surface area contributed by atoms with Gasteiger partial charge in [-0.1, -0.05) is 37.6 Å². The molecule has 0 aromatic heterocycles. The molecule has 7 nitrogen and oxygen atoms in total. The summed E-state index contributed by atoms with van der Waals surface area (Å²) in [5.41, 5.74) is 3.18. The number of allylic oxidation sites excluding steroid dienone is 1. The van der Waals surface area contributed by atoms with Gasteiger partial charge in [-0.2, -0.15) is 13.6 Å². The number of piperidine rings is 1. The first-order valence-corrected chi connectivity index (χ1v) is 16.7. The Bertz CT molecular complexity index is 1370. The normalized spacial score (nSPS) is 33.3. The van der Waals surface area contributed by atoms with E-state index < -0.39 is 10.3 Å². The second-order valence-corrected chi connectivity index (χ2v) is 14.2. The van der Waals surface area contributed by atoms with Gasteiger partial charge in [0.1, 0.15) is 18.1 Å². The Labute approximate surface area is 245 Å². The molecule has 2 aromatic rings. The summed E-state index contributed by atoms with van der Waals surface area (Å²) in [6.45, 7) is 10.7. The molecule has 8 heteroatoms. The highest BCUT2D eigenvalue weighted by molar-refractivity contribution is 7.84. The molecule has 2 aromatic carbocycles. The van der Waals surface area contributed by atoms with Gasteiger partial charge < -0.3 is 14.0 Å². The largest absolute Gasteiger partial charge is 0.492 e. The van der Waals surface area contributed by atoms with Crippen LogP contribution < -0.4 is 14.1 Å². The third-order valence-electron chi connectivity index (χ3n) is 10.9. The van der Waals surface area contributed by atoms with Gasteiger partial charge in [-0.3, -0.25) is 4.90 Å². The molecule has 222 valence electrons. The van der Waals surface area contributed by atoms with Crippen LogP contribution in [0, 0.1) is 16.7 Å². The van der Waals surface area contributed by atoms with Gasteiger partial charge in [0.2, 0.25) is 0 Å². The van der Waals surface area contributed by atoms with Crippen LogP contribution in [0.15, 0.2) is 55.1 Å². The fourth-order valence-corrected chi connectivity index (χ4v) is 9.38. The topological polar surface area (TPSA) is 102 Å². The van der Waals surface area contributed by atoms with Crippen molar-refractivity contribution in [2.45, 2.75) is 76.2 Å². The van der Waals surface area contributed by atoms with Gasteiger partial charge in [0, 0.05) is 12.5 Å². The molecule has 1 saturated heterocycles. The maximum atomic E-state index is 11.6. The van der Waals surface area contributed by atoms with Crippen molar-refractivity contribution >= 4 is 10.3 Å². The van der Waals surface area contributed by atoms with Gasteiger partial charge in [-0.25, -0.2) is 0 Å². The van der Waals surface area contributed by atoms with E-state index in [9.17, 15) is 13.5 Å². The molecule has 1 aliphatic heterocycles. The average molecular weight is 581 g/mol. The van der Waals surface area contributed by atoms with Crippen molar-refractivity contribution in [1.82, 2.24) is 4.90 Å². The van der Waals surface area contributed by atoms with E-state index in [1.807, 2.05) is 12.1 Å². The van der Waals surface area contributed by atoms with E-state index in [0.717, 1.165) is 50.0 Å². The van der Waals surface area contributed by atoms with Crippen LogP contribution in [0.4, 0.5) is 0 Å². The lowest BCUT2D eigenvalue weighted by Gasteiger charge is -2.60. The molecule has 0 spiro atoms. The standard InChI is InChI=1S/C33H44N2O5S/c1-3-33-16-15-24-21-26(40-41(34,37)38)11-12-27(24)31(33)28(22-32(2)29(33)13-14-30(32)36)23-7-9-25(10-8-23)39-20-19-35-17-5-4-6-18-35/h3,7-12,21,28-31,36H,1,4-6,13-20,22H2,2H3,(H2,34,37,38)/t28-,29-,30+,31+,32+,33+/m1/s1. The fraction of sp³-hybridized carbons (Fsp3) is 0.576. The Kier molecular flexibility index (Phi) is 7.72. The lowest BCUT2D eigenvalue weighted by molar-refractivity contribution is -0.0630. The van der Waals surface area contributed by atoms with E-state index in [-0.39, 0.29) is 34.5 Å². The minimum absolute atomic E-state index is 0.154. The zero-order valence-electron chi connectivity index (χ0n) is 24.1. The van der Waals surface area contributed by atoms with E-state index in [2.05, 4.69) is 48.7 Å². The molecular weight excluding hydrogens is 536 g/mol. The van der Waals surface area contributed by atoms with Crippen LogP contribution in [0.1, 0.15) is 80.4 Å². The van der Waals surface area contributed by atoms with Gasteiger partial charge in [0.15, 0.2) is 0 Å². The van der Waals surface area contributed by atoms with E-state index in [1.165, 1.54) is 43.5 Å². The van der Waals surface area contributed by atoms with Crippen LogP contribution in [-0.2, 0) is 16.7 Å². The predicted molar refractivity (Wildman–Crippen MR) is 160 cm³/mol. The summed E-state index contributed by atoms with van der Waals surface area (Å²) < 4.78 is 34.4. The van der Waals surface area contributed by atoms with Gasteiger partial charge in [0.25, 0.3) is 0 Å². The van der Waals surface area contributed by atoms with Crippen molar-refractivity contribution in [3.05, 3.63) is 71.8 Å². The highest BCUT2D eigenvalue weighted by Gasteiger charge is 2.63. The average Bonchev–Trinajstić information content (AvgIpc) is 3.26. The Hall–Kier alpha value is -2.39. The number of nitrogens with zero attached hydrogens (tertiary/aromatic N) is 1. The van der Waals surface area contributed by atoms with Crippen molar-refractivity contribution in [3.63, 3.8) is 0 Å². The summed E-state index contributed by atoms with van der Waals surface area (Å²) in [5.74, 6) is 1.77. The van der Waals surface area contributed by atoms with Crippen molar-refractivity contribution in [1.29, 1.82) is 0 Å². The number of fused-ring (bicyclic) bond motifs is 5. The number of benzene rings is 2. The molecular formula is C33H44N2O5S. The van der Waals surface area contributed by atoms with Crippen LogP contribution in [0.3, 0.4) is 0 Å². The molecule has 6 atom stereocenters. The number of nitrogens with two attached hydrogens (primary N) is 1. The number of likely N-dealkylation sites (tertiary alicyclic amines) is 1. The van der Waals surface area contributed by atoms with Crippen molar-refractivity contribution < 1.29 is 22.4 Å². The summed E-state index contributed by atoms with van der Waals surface area (Å²) in [4.78, 5) is 2.48. The number of aryl methyl sites for hydroxylation is 1. The molecule has 3 fully saturated rings. The summed E-state index contributed by atoms with van der Waals surface area (Å²) in [6, 6.07) is 14.2. The second-order valence-electron chi connectivity index (χ2n) is 13.0. The lowest BCUT2D eigenvalue weighted by Crippen LogP contribution is -2.53. The maximum Gasteiger partial charge on any atom is 0.380 e. The quantitative estimate of drug-likeness (QED) is 0.411. The van der Waals surface area contributed by atoms with E-state index in [1.54, 1.807) is 6.07 Å². The SMILES string of the molecule is C=C[C@@]12CCc3cc(OS(N)(=O)=O)ccc3[C@H]1[C@@H](c1ccc(OCCN3CCCCC3)cc1)C[C@@]1(C)[C@H]2CC[C@@H]1O. The summed E-state index contributed by atoms with van der Waals surface area (Å²) in [6.07, 6.45) is 10.1. The number of rotatable bonds is 8. The van der Waals surface area contributed by atoms with Crippen LogP contribution in [-0.4, -0.2) is 50.8 Å². The first-order valence-electron chi connectivity index (χ1n) is 15.2. The van der Waals surface area contributed by atoms with E-state index >= 15 is 0 Å². The zero-order chi connectivity index (χ0) is 28.8. The maximum absolute atomic E-state index is 11.6. The van der Waals surface area contributed by atoms with Crippen LogP contribution >= 0.6 is 0 Å². The summed E-state index contributed by atoms with van der Waals surface area (Å²) in [5, 5.41) is 16.5. The number of hydrogen-bond acceptors (Lipinski definition) is 6. The molecule has 1 heterocycles. The minimum Gasteiger partial charge on any atom is -0.492 e. The molecule has 3 aliphatic carbocycles. The molecule has 0 bridgehead atoms. The van der Waals surface area contributed by atoms with E-state index in [4.69, 9.17) is 14.1 Å². The summed E-state index contributed by atoms with van der Waals surface area (Å²) in [7, 11) is -4.10. The minimum atomic E-state index is -4.10. The Morgan fingerprint density at radius 1 is 1.10 bits per heavy atom. The van der Waals surface area contributed by atoms with Crippen molar-refractivity contribution in [3.8, 4) is 11.5 Å². The molecule has 3 N–H and O–H groups in total. The molecule has 0 unspecified atom stereocenters. The second kappa shape index (κ2) is 11.0. The lowest BCUT2D eigenvalue weighted by atomic mass is 9.44. The van der Waals surface area contributed by atoms with Gasteiger partial charge in [-0.05, 0) is 122 Å². The monoisotopic (exact) mass is 580 g/mol. The predicted octanol–water partition coefficient (Wildman–Crippen LogP) is 5.30. The molecule has 0 radical (unpaired) electrons. The Morgan fingerprint density at radius 2 is 1.83 bits per heavy atom. The first kappa shape index (κ1) is 28.7. The number of aliphatic hydroxyl groups excluding tert-OH is 1. The van der Waals surface area contributed by atoms with Crippen LogP contribution in [0.5, 0.6) is 11.5 Å². The highest BCUT2D eigenvalue weighted by Crippen LogP contribution is 2.71. The first-order chi connectivity index (χ1) is 19.6. The smallest absolute Gasteiger partial charge is 0.380 e. The van der Waals surface area contributed by atoms with Crippen LogP contribution in [0.2, 0.25) is 0 Å². The Balaban J connectivity index is 1.32. The van der Waals surface area contributed by atoms with Gasteiger partial charge in [-0.15, -0.1) is 6.58 Å². The number of ether oxygens (including phenoxy) is 1. The molecule has 0 amide bonds. The third kappa shape index (κ3) is 5.33. The van der Waals surface area contributed by atoms with E-state index in [0.29, 0.717) is 12.5 Å². The number of aliphatic hydroxyl groups is 1. The van der Waals surface area contributed by atoms with Crippen molar-refractivity contribution in [2.75, 3.05) is 26.2 Å². The number of hydrogen-bond donors (Lipinski definition) is 2. The molecule has 41 heavy (non-hydrogen) atoms. The molecule has 6 rings (SSSR count). The van der Waals surface area contributed by atoms with Gasteiger partial charge >= 0.3 is 10.3 Å². The Morgan fingerprint density at radius 3 is 2.54 bits per heavy atom. The molecule has 2 saturated carbocycles. The fourth-order valence-electron chi connectivity index (χ4n) is 9.00. The third-order valence-corrected chi connectivity index (χ3v) is 11.3. The highest BCUT2D eigenvalue weighted by atomic mass is 32.2.